The molecule has 2 heterocycles. The Morgan fingerprint density at radius 3 is 3.11 bits per heavy atom. The lowest BCUT2D eigenvalue weighted by molar-refractivity contribution is 0.182. The van der Waals surface area contributed by atoms with Gasteiger partial charge in [0, 0.05) is 24.4 Å². The van der Waals surface area contributed by atoms with Crippen LogP contribution in [-0.4, -0.2) is 28.8 Å². The van der Waals surface area contributed by atoms with E-state index >= 15 is 0 Å². The second-order valence-electron chi connectivity index (χ2n) is 3.68. The summed E-state index contributed by atoms with van der Waals surface area (Å²) in [5.41, 5.74) is 6.53. The van der Waals surface area contributed by atoms with Crippen molar-refractivity contribution in [2.24, 2.45) is 5.73 Å². The quantitative estimate of drug-likeness (QED) is 0.907. The van der Waals surface area contributed by atoms with Gasteiger partial charge in [-0.15, -0.1) is 0 Å². The Labute approximate surface area is 113 Å². The van der Waals surface area contributed by atoms with Crippen LogP contribution in [0.25, 0.3) is 11.5 Å². The third-order valence-corrected chi connectivity index (χ3v) is 3.00. The van der Waals surface area contributed by atoms with Crippen molar-refractivity contribution >= 4 is 15.9 Å². The highest BCUT2D eigenvalue weighted by atomic mass is 79.9. The summed E-state index contributed by atoms with van der Waals surface area (Å²) < 4.78 is 10.9. The lowest BCUT2D eigenvalue weighted by atomic mass is 10.2. The molecule has 0 radical (unpaired) electrons. The molecule has 6 nitrogen and oxygen atoms in total. The van der Waals surface area contributed by atoms with Crippen molar-refractivity contribution in [1.82, 2.24) is 15.1 Å². The number of pyridine rings is 1. The summed E-state index contributed by atoms with van der Waals surface area (Å²) in [5.74, 6) is 0.810. The van der Waals surface area contributed by atoms with Crippen molar-refractivity contribution in [2.75, 3.05) is 13.7 Å². The molecule has 2 aromatic heterocycles. The Bertz CT molecular complexity index is 517. The Kier molecular flexibility index (Phi) is 4.40. The lowest BCUT2D eigenvalue weighted by Gasteiger charge is -2.04. The van der Waals surface area contributed by atoms with E-state index in [0.29, 0.717) is 30.4 Å². The first kappa shape index (κ1) is 13.1. The first-order valence-electron chi connectivity index (χ1n) is 5.41. The van der Waals surface area contributed by atoms with E-state index in [-0.39, 0.29) is 6.04 Å². The second kappa shape index (κ2) is 6.03. The SMILES string of the molecule is COCCC(N)c1nc(-c2ncccc2Br)no1. The van der Waals surface area contributed by atoms with Crippen LogP contribution in [0.1, 0.15) is 18.4 Å². The second-order valence-corrected chi connectivity index (χ2v) is 4.53. The number of nitrogens with two attached hydrogens (primary N) is 1. The van der Waals surface area contributed by atoms with Gasteiger partial charge in [0.1, 0.15) is 5.69 Å². The van der Waals surface area contributed by atoms with E-state index in [9.17, 15) is 0 Å². The predicted molar refractivity (Wildman–Crippen MR) is 68.7 cm³/mol. The largest absolute Gasteiger partial charge is 0.385 e. The van der Waals surface area contributed by atoms with E-state index < -0.39 is 0 Å². The Morgan fingerprint density at radius 1 is 1.56 bits per heavy atom. The molecular formula is C11H13BrN4O2. The van der Waals surface area contributed by atoms with Crippen molar-refractivity contribution in [3.8, 4) is 11.5 Å². The summed E-state index contributed by atoms with van der Waals surface area (Å²) in [6, 6.07) is 3.36. The average Bonchev–Trinajstić information content (AvgIpc) is 2.86. The molecule has 18 heavy (non-hydrogen) atoms. The van der Waals surface area contributed by atoms with Crippen LogP contribution in [0.2, 0.25) is 0 Å². The van der Waals surface area contributed by atoms with Gasteiger partial charge in [0.2, 0.25) is 11.7 Å². The molecule has 0 bridgehead atoms. The molecule has 0 aliphatic heterocycles. The molecule has 2 aromatic rings. The van der Waals surface area contributed by atoms with E-state index in [2.05, 4.69) is 31.1 Å². The molecule has 0 saturated heterocycles. The van der Waals surface area contributed by atoms with E-state index in [0.717, 1.165) is 4.47 Å². The van der Waals surface area contributed by atoms with Crippen LogP contribution in [0.4, 0.5) is 0 Å². The standard InChI is InChI=1S/C11H13BrN4O2/c1-17-6-4-8(13)11-15-10(16-18-11)9-7(12)3-2-5-14-9/h2-3,5,8H,4,6,13H2,1H3. The molecule has 1 unspecified atom stereocenters. The van der Waals surface area contributed by atoms with Gasteiger partial charge in [0.05, 0.1) is 6.04 Å². The Balaban J connectivity index is 2.18. The normalized spacial score (nSPS) is 12.6. The smallest absolute Gasteiger partial charge is 0.244 e. The molecule has 96 valence electrons. The fourth-order valence-corrected chi connectivity index (χ4v) is 1.83. The fourth-order valence-electron chi connectivity index (χ4n) is 1.40. The monoisotopic (exact) mass is 312 g/mol. The topological polar surface area (TPSA) is 87.1 Å². The number of halogens is 1. The maximum atomic E-state index is 5.90. The highest BCUT2D eigenvalue weighted by Crippen LogP contribution is 2.24. The van der Waals surface area contributed by atoms with E-state index in [1.165, 1.54) is 0 Å². The van der Waals surface area contributed by atoms with Crippen molar-refractivity contribution in [1.29, 1.82) is 0 Å². The van der Waals surface area contributed by atoms with Crippen LogP contribution >= 0.6 is 15.9 Å². The van der Waals surface area contributed by atoms with E-state index in [4.69, 9.17) is 15.0 Å². The van der Waals surface area contributed by atoms with E-state index in [1.54, 1.807) is 13.3 Å². The zero-order chi connectivity index (χ0) is 13.0. The Morgan fingerprint density at radius 2 is 2.39 bits per heavy atom. The van der Waals surface area contributed by atoms with Gasteiger partial charge < -0.3 is 15.0 Å². The van der Waals surface area contributed by atoms with Crippen LogP contribution in [0.15, 0.2) is 27.3 Å². The summed E-state index contributed by atoms with van der Waals surface area (Å²) in [4.78, 5) is 8.43. The maximum absolute atomic E-state index is 5.90. The summed E-state index contributed by atoms with van der Waals surface area (Å²) >= 11 is 3.39. The molecule has 1 atom stereocenters. The number of methoxy groups -OCH3 is 1. The van der Waals surface area contributed by atoms with Gasteiger partial charge in [0.25, 0.3) is 0 Å². The molecule has 0 saturated carbocycles. The zero-order valence-corrected chi connectivity index (χ0v) is 11.4. The van der Waals surface area contributed by atoms with Gasteiger partial charge in [-0.25, -0.2) is 0 Å². The maximum Gasteiger partial charge on any atom is 0.244 e. The summed E-state index contributed by atoms with van der Waals surface area (Å²) in [6.45, 7) is 0.548. The van der Waals surface area contributed by atoms with Gasteiger partial charge in [-0.2, -0.15) is 4.98 Å². The van der Waals surface area contributed by atoms with Gasteiger partial charge in [-0.3, -0.25) is 4.98 Å². The van der Waals surface area contributed by atoms with Crippen molar-refractivity contribution in [3.05, 3.63) is 28.7 Å². The van der Waals surface area contributed by atoms with Crippen LogP contribution in [0, 0.1) is 0 Å². The third-order valence-electron chi connectivity index (χ3n) is 2.36. The van der Waals surface area contributed by atoms with Gasteiger partial charge in [-0.05, 0) is 34.5 Å². The van der Waals surface area contributed by atoms with Crippen LogP contribution < -0.4 is 5.73 Å². The van der Waals surface area contributed by atoms with Crippen LogP contribution in [0.5, 0.6) is 0 Å². The number of rotatable bonds is 5. The van der Waals surface area contributed by atoms with Gasteiger partial charge >= 0.3 is 0 Å². The molecule has 0 spiro atoms. The van der Waals surface area contributed by atoms with Crippen LogP contribution in [0.3, 0.4) is 0 Å². The summed E-state index contributed by atoms with van der Waals surface area (Å²) in [7, 11) is 1.62. The number of ether oxygens (including phenoxy) is 1. The molecule has 0 fully saturated rings. The van der Waals surface area contributed by atoms with Gasteiger partial charge in [-0.1, -0.05) is 5.16 Å². The number of hydrogen-bond donors (Lipinski definition) is 1. The minimum Gasteiger partial charge on any atom is -0.385 e. The fraction of sp³-hybridized carbons (Fsp3) is 0.364. The summed E-state index contributed by atoms with van der Waals surface area (Å²) in [5, 5.41) is 3.88. The predicted octanol–water partition coefficient (Wildman–Crippen LogP) is 1.93. The third kappa shape index (κ3) is 2.92. The molecule has 7 heteroatoms. The molecule has 0 amide bonds. The lowest BCUT2D eigenvalue weighted by Crippen LogP contribution is -2.13. The Hall–Kier alpha value is -1.31. The molecule has 2 N–H and O–H groups in total. The molecular weight excluding hydrogens is 300 g/mol. The number of nitrogens with zero attached hydrogens (tertiary/aromatic N) is 3. The minimum absolute atomic E-state index is 0.325. The van der Waals surface area contributed by atoms with E-state index in [1.807, 2.05) is 12.1 Å². The van der Waals surface area contributed by atoms with Crippen molar-refractivity contribution in [3.63, 3.8) is 0 Å². The first-order chi connectivity index (χ1) is 8.72. The highest BCUT2D eigenvalue weighted by Gasteiger charge is 2.17. The molecule has 0 aromatic carbocycles. The van der Waals surface area contributed by atoms with Crippen molar-refractivity contribution in [2.45, 2.75) is 12.5 Å². The number of hydrogen-bond acceptors (Lipinski definition) is 6. The molecule has 0 aliphatic carbocycles. The average molecular weight is 313 g/mol. The molecule has 2 rings (SSSR count). The summed E-state index contributed by atoms with van der Waals surface area (Å²) in [6.07, 6.45) is 2.29. The zero-order valence-electron chi connectivity index (χ0n) is 9.84. The number of aromatic nitrogens is 3. The van der Waals surface area contributed by atoms with Crippen molar-refractivity contribution < 1.29 is 9.26 Å². The highest BCUT2D eigenvalue weighted by molar-refractivity contribution is 9.10. The minimum atomic E-state index is -0.325. The van der Waals surface area contributed by atoms with Crippen LogP contribution in [-0.2, 0) is 4.74 Å². The van der Waals surface area contributed by atoms with Gasteiger partial charge in [0.15, 0.2) is 0 Å². The molecule has 0 aliphatic rings. The first-order valence-corrected chi connectivity index (χ1v) is 6.20.